The van der Waals surface area contributed by atoms with Crippen molar-refractivity contribution in [3.05, 3.63) is 50.5 Å². The SMILES string of the molecule is CCOC(=O)c1c[nH]c2c(CC)c(-c3nc(CCl)cs3)c(F)cc2c1=O. The topological polar surface area (TPSA) is 72.1 Å². The van der Waals surface area contributed by atoms with Crippen molar-refractivity contribution in [3.8, 4) is 10.6 Å². The van der Waals surface area contributed by atoms with E-state index in [0.29, 0.717) is 33.8 Å². The van der Waals surface area contributed by atoms with Gasteiger partial charge in [0.25, 0.3) is 0 Å². The predicted octanol–water partition coefficient (Wildman–Crippen LogP) is 4.27. The molecule has 0 amide bonds. The maximum atomic E-state index is 14.9. The number of alkyl halides is 1. The fourth-order valence-electron chi connectivity index (χ4n) is 2.83. The van der Waals surface area contributed by atoms with Crippen LogP contribution in [-0.2, 0) is 17.0 Å². The first kappa shape index (κ1) is 18.5. The van der Waals surface area contributed by atoms with Crippen LogP contribution >= 0.6 is 22.9 Å². The maximum absolute atomic E-state index is 14.9. The molecule has 8 heteroatoms. The van der Waals surface area contributed by atoms with Gasteiger partial charge in [-0.05, 0) is 25.0 Å². The van der Waals surface area contributed by atoms with E-state index in [0.717, 1.165) is 6.07 Å². The molecule has 1 N–H and O–H groups in total. The second-order valence-corrected chi connectivity index (χ2v) is 6.64. The smallest absolute Gasteiger partial charge is 0.343 e. The molecule has 0 spiro atoms. The number of fused-ring (bicyclic) bond motifs is 1. The van der Waals surface area contributed by atoms with Crippen molar-refractivity contribution in [2.75, 3.05) is 6.61 Å². The number of pyridine rings is 1. The minimum Gasteiger partial charge on any atom is -0.462 e. The summed E-state index contributed by atoms with van der Waals surface area (Å²) in [5.74, 6) is -1.05. The lowest BCUT2D eigenvalue weighted by atomic mass is 9.99. The number of aromatic amines is 1. The van der Waals surface area contributed by atoms with Crippen molar-refractivity contribution in [1.29, 1.82) is 0 Å². The number of nitrogens with one attached hydrogen (secondary N) is 1. The van der Waals surface area contributed by atoms with Crippen LogP contribution in [0.2, 0.25) is 0 Å². The van der Waals surface area contributed by atoms with Gasteiger partial charge in [-0.2, -0.15) is 0 Å². The molecule has 0 aliphatic rings. The molecule has 0 aliphatic heterocycles. The number of carbonyl (C=O) groups excluding carboxylic acids is 1. The molecule has 0 saturated carbocycles. The monoisotopic (exact) mass is 394 g/mol. The third-order valence-corrected chi connectivity index (χ3v) is 5.17. The summed E-state index contributed by atoms with van der Waals surface area (Å²) in [6, 6.07) is 1.15. The van der Waals surface area contributed by atoms with Crippen molar-refractivity contribution >= 4 is 39.8 Å². The van der Waals surface area contributed by atoms with Gasteiger partial charge in [0.05, 0.1) is 29.3 Å². The minimum atomic E-state index is -0.732. The van der Waals surface area contributed by atoms with Crippen molar-refractivity contribution in [2.45, 2.75) is 26.1 Å². The Labute approximate surface area is 157 Å². The summed E-state index contributed by atoms with van der Waals surface area (Å²) in [4.78, 5) is 31.9. The van der Waals surface area contributed by atoms with Crippen LogP contribution in [0.3, 0.4) is 0 Å². The summed E-state index contributed by atoms with van der Waals surface area (Å²) in [7, 11) is 0. The van der Waals surface area contributed by atoms with E-state index in [9.17, 15) is 14.0 Å². The molecular formula is C18H16ClFN2O3S. The lowest BCUT2D eigenvalue weighted by Crippen LogP contribution is -2.19. The molecule has 0 radical (unpaired) electrons. The Bertz CT molecular complexity index is 1040. The first-order chi connectivity index (χ1) is 12.5. The highest BCUT2D eigenvalue weighted by molar-refractivity contribution is 7.13. The van der Waals surface area contributed by atoms with Gasteiger partial charge in [0, 0.05) is 17.0 Å². The first-order valence-electron chi connectivity index (χ1n) is 8.06. The third-order valence-electron chi connectivity index (χ3n) is 3.98. The predicted molar refractivity (Wildman–Crippen MR) is 101 cm³/mol. The minimum absolute atomic E-state index is 0.114. The van der Waals surface area contributed by atoms with Gasteiger partial charge in [0.2, 0.25) is 5.43 Å². The number of aryl methyl sites for hydroxylation is 1. The summed E-state index contributed by atoms with van der Waals surface area (Å²) in [6.45, 7) is 3.67. The van der Waals surface area contributed by atoms with Crippen LogP contribution in [0.15, 0.2) is 22.4 Å². The summed E-state index contributed by atoms with van der Waals surface area (Å²) >= 11 is 7.09. The summed E-state index contributed by atoms with van der Waals surface area (Å²) < 4.78 is 19.8. The molecule has 0 saturated heterocycles. The number of H-pyrrole nitrogens is 1. The van der Waals surface area contributed by atoms with Gasteiger partial charge in [0.1, 0.15) is 16.4 Å². The average Bonchev–Trinajstić information content (AvgIpc) is 3.10. The second-order valence-electron chi connectivity index (χ2n) is 5.52. The van der Waals surface area contributed by atoms with Gasteiger partial charge in [-0.1, -0.05) is 6.92 Å². The van der Waals surface area contributed by atoms with E-state index in [4.69, 9.17) is 16.3 Å². The van der Waals surface area contributed by atoms with Crippen molar-refractivity contribution in [2.24, 2.45) is 0 Å². The maximum Gasteiger partial charge on any atom is 0.343 e. The van der Waals surface area contributed by atoms with Crippen LogP contribution < -0.4 is 5.43 Å². The van der Waals surface area contributed by atoms with E-state index in [-0.39, 0.29) is 23.4 Å². The molecule has 0 atom stereocenters. The number of ether oxygens (including phenoxy) is 1. The Morgan fingerprint density at radius 3 is 2.81 bits per heavy atom. The molecule has 136 valence electrons. The number of nitrogens with zero attached hydrogens (tertiary/aromatic N) is 1. The fraction of sp³-hybridized carbons (Fsp3) is 0.278. The average molecular weight is 395 g/mol. The highest BCUT2D eigenvalue weighted by Gasteiger charge is 2.21. The highest BCUT2D eigenvalue weighted by Crippen LogP contribution is 2.34. The number of aromatic nitrogens is 2. The van der Waals surface area contributed by atoms with Crippen LogP contribution in [-0.4, -0.2) is 22.5 Å². The van der Waals surface area contributed by atoms with Crippen molar-refractivity contribution in [1.82, 2.24) is 9.97 Å². The number of thiazole rings is 1. The lowest BCUT2D eigenvalue weighted by molar-refractivity contribution is 0.0524. The van der Waals surface area contributed by atoms with Gasteiger partial charge in [-0.15, -0.1) is 22.9 Å². The third kappa shape index (κ3) is 3.12. The van der Waals surface area contributed by atoms with Crippen molar-refractivity contribution < 1.29 is 13.9 Å². The van der Waals surface area contributed by atoms with E-state index in [1.807, 2.05) is 6.92 Å². The van der Waals surface area contributed by atoms with Crippen molar-refractivity contribution in [3.63, 3.8) is 0 Å². The van der Waals surface area contributed by atoms with E-state index in [2.05, 4.69) is 9.97 Å². The van der Waals surface area contributed by atoms with Crippen LogP contribution in [0.1, 0.15) is 35.5 Å². The summed E-state index contributed by atoms with van der Waals surface area (Å²) in [5, 5.41) is 2.40. The van der Waals surface area contributed by atoms with Gasteiger partial charge in [-0.3, -0.25) is 4.79 Å². The molecule has 0 unspecified atom stereocenters. The number of hydrogen-bond acceptors (Lipinski definition) is 5. The molecule has 0 bridgehead atoms. The largest absolute Gasteiger partial charge is 0.462 e. The lowest BCUT2D eigenvalue weighted by Gasteiger charge is -2.12. The van der Waals surface area contributed by atoms with E-state index < -0.39 is 17.2 Å². The molecule has 26 heavy (non-hydrogen) atoms. The highest BCUT2D eigenvalue weighted by atomic mass is 35.5. The number of carbonyl (C=O) groups is 1. The molecule has 2 heterocycles. The van der Waals surface area contributed by atoms with E-state index >= 15 is 0 Å². The molecule has 5 nitrogen and oxygen atoms in total. The second kappa shape index (κ2) is 7.55. The Morgan fingerprint density at radius 1 is 1.42 bits per heavy atom. The summed E-state index contributed by atoms with van der Waals surface area (Å²) in [6.07, 6.45) is 1.80. The number of benzene rings is 1. The van der Waals surface area contributed by atoms with Gasteiger partial charge >= 0.3 is 5.97 Å². The van der Waals surface area contributed by atoms with Gasteiger partial charge in [-0.25, -0.2) is 14.2 Å². The number of halogens is 2. The Kier molecular flexibility index (Phi) is 5.38. The molecule has 0 fully saturated rings. The van der Waals surface area contributed by atoms with E-state index in [1.54, 1.807) is 12.3 Å². The molecule has 3 rings (SSSR count). The standard InChI is InChI=1S/C18H16ClFN2O3S/c1-3-10-14(17-22-9(6-19)8-26-17)13(20)5-11-15(10)21-7-12(16(11)23)18(24)25-4-2/h5,7-8H,3-4,6H2,1-2H3,(H,21,23). The van der Waals surface area contributed by atoms with Gasteiger partial charge in [0.15, 0.2) is 0 Å². The summed E-state index contributed by atoms with van der Waals surface area (Å²) in [5.41, 5.74) is 1.43. The fourth-order valence-corrected chi connectivity index (χ4v) is 3.95. The number of rotatable bonds is 5. The Morgan fingerprint density at radius 2 is 2.19 bits per heavy atom. The molecular weight excluding hydrogens is 379 g/mol. The zero-order valence-corrected chi connectivity index (χ0v) is 15.8. The molecule has 2 aromatic heterocycles. The van der Waals surface area contributed by atoms with Crippen LogP contribution in [0.4, 0.5) is 4.39 Å². The Hall–Kier alpha value is -2.25. The molecule has 0 aliphatic carbocycles. The van der Waals surface area contributed by atoms with Crippen LogP contribution in [0.25, 0.3) is 21.5 Å². The van der Waals surface area contributed by atoms with Crippen LogP contribution in [0, 0.1) is 5.82 Å². The van der Waals surface area contributed by atoms with Crippen LogP contribution in [0.5, 0.6) is 0 Å². The quantitative estimate of drug-likeness (QED) is 0.518. The molecule has 1 aromatic carbocycles. The molecule has 3 aromatic rings. The zero-order chi connectivity index (χ0) is 18.8. The van der Waals surface area contributed by atoms with E-state index in [1.165, 1.54) is 17.5 Å². The number of hydrogen-bond donors (Lipinski definition) is 1. The normalized spacial score (nSPS) is 11.1. The Balaban J connectivity index is 2.27. The number of esters is 1. The zero-order valence-electron chi connectivity index (χ0n) is 14.2. The van der Waals surface area contributed by atoms with Gasteiger partial charge < -0.3 is 9.72 Å². The first-order valence-corrected chi connectivity index (χ1v) is 9.47.